The number of hydrogen-bond donors (Lipinski definition) is 1. The van der Waals surface area contributed by atoms with Gasteiger partial charge in [0.25, 0.3) is 0 Å². The number of nitrogens with two attached hydrogens (primary N) is 1. The van der Waals surface area contributed by atoms with Crippen LogP contribution in [0.3, 0.4) is 0 Å². The molecule has 0 radical (unpaired) electrons. The predicted molar refractivity (Wildman–Crippen MR) is 119 cm³/mol. The van der Waals surface area contributed by atoms with Gasteiger partial charge in [0.2, 0.25) is 5.60 Å². The molecule has 144 valence electrons. The second-order valence-electron chi connectivity index (χ2n) is 6.62. The van der Waals surface area contributed by atoms with Gasteiger partial charge in [-0.25, -0.2) is 4.98 Å². The highest BCUT2D eigenvalue weighted by Gasteiger charge is 2.39. The second-order valence-corrected chi connectivity index (χ2v) is 7.51. The van der Waals surface area contributed by atoms with Crippen LogP contribution in [0.25, 0.3) is 0 Å². The Bertz CT molecular complexity index is 996. The summed E-state index contributed by atoms with van der Waals surface area (Å²) >= 11 is 1.39. The minimum atomic E-state index is -0.896. The van der Waals surface area contributed by atoms with Gasteiger partial charge in [-0.15, -0.1) is 11.3 Å². The molecule has 5 heteroatoms. The summed E-state index contributed by atoms with van der Waals surface area (Å²) in [7, 11) is 0. The lowest BCUT2D eigenvalue weighted by Gasteiger charge is -2.33. The number of hydrogen-bond acceptors (Lipinski definition) is 5. The Balaban J connectivity index is 1.90. The Hall–Kier alpha value is -3.44. The summed E-state index contributed by atoms with van der Waals surface area (Å²) in [5.74, 6) is 0. The highest BCUT2D eigenvalue weighted by atomic mass is 32.1. The van der Waals surface area contributed by atoms with Crippen LogP contribution in [0, 0.1) is 0 Å². The van der Waals surface area contributed by atoms with Crippen molar-refractivity contribution in [3.05, 3.63) is 119 Å². The maximum absolute atomic E-state index is 6.43. The fourth-order valence-corrected chi connectivity index (χ4v) is 3.92. The third-order valence-corrected chi connectivity index (χ3v) is 5.43. The van der Waals surface area contributed by atoms with Crippen molar-refractivity contribution in [2.45, 2.75) is 12.5 Å². The minimum Gasteiger partial charge on any atom is -0.375 e. The quantitative estimate of drug-likeness (QED) is 0.266. The normalized spacial score (nSPS) is 12.0. The highest BCUT2D eigenvalue weighted by Crippen LogP contribution is 2.40. The van der Waals surface area contributed by atoms with E-state index in [0.717, 1.165) is 22.4 Å². The smallest absolute Gasteiger partial charge is 0.212 e. The first-order valence-electron chi connectivity index (χ1n) is 9.31. The summed E-state index contributed by atoms with van der Waals surface area (Å²) < 4.78 is 0. The molecule has 2 N–H and O–H groups in total. The van der Waals surface area contributed by atoms with E-state index >= 15 is 0 Å². The molecule has 0 bridgehead atoms. The number of nitrogen functional groups attached to an aromatic ring is 1. The maximum atomic E-state index is 6.43. The van der Waals surface area contributed by atoms with E-state index in [-0.39, 0.29) is 0 Å². The molecule has 0 unspecified atom stereocenters. The molecule has 0 saturated carbocycles. The lowest BCUT2D eigenvalue weighted by Crippen LogP contribution is -2.31. The van der Waals surface area contributed by atoms with Crippen LogP contribution in [0.1, 0.15) is 29.3 Å². The van der Waals surface area contributed by atoms with Gasteiger partial charge >= 0.3 is 0 Å². The fraction of sp³-hybridized carbons (Fsp3) is 0.0833. The maximum Gasteiger partial charge on any atom is 0.212 e. The Kier molecular flexibility index (Phi) is 5.40. The van der Waals surface area contributed by atoms with E-state index in [1.54, 1.807) is 0 Å². The molecule has 4 rings (SSSR count). The third kappa shape index (κ3) is 3.77. The standard InChI is InChI=1S/C24H21N3OS/c1-18(22-17-29-23(25)26-22)27-28-24(19-11-5-2-6-12-19,20-13-7-3-8-14-20)21-15-9-4-10-16-21/h2-17H,1H3,(H2,25,26). The van der Waals surface area contributed by atoms with Crippen molar-refractivity contribution in [2.24, 2.45) is 5.16 Å². The molecule has 0 aliphatic rings. The number of rotatable bonds is 6. The van der Waals surface area contributed by atoms with E-state index in [1.165, 1.54) is 11.3 Å². The van der Waals surface area contributed by atoms with Crippen molar-refractivity contribution in [3.8, 4) is 0 Å². The number of anilines is 1. The Morgan fingerprint density at radius 3 is 1.66 bits per heavy atom. The second kappa shape index (κ2) is 8.29. The van der Waals surface area contributed by atoms with E-state index in [9.17, 15) is 0 Å². The first kappa shape index (κ1) is 18.9. The molecular formula is C24H21N3OS. The average molecular weight is 400 g/mol. The monoisotopic (exact) mass is 399 g/mol. The summed E-state index contributed by atoms with van der Waals surface area (Å²) in [6, 6.07) is 30.4. The van der Waals surface area contributed by atoms with Crippen LogP contribution in [-0.4, -0.2) is 10.7 Å². The van der Waals surface area contributed by atoms with E-state index in [2.05, 4.69) is 46.5 Å². The fourth-order valence-electron chi connectivity index (χ4n) is 3.31. The van der Waals surface area contributed by atoms with Gasteiger partial charge in [0.1, 0.15) is 11.4 Å². The number of aromatic nitrogens is 1. The lowest BCUT2D eigenvalue weighted by molar-refractivity contribution is 0.0172. The van der Waals surface area contributed by atoms with Crippen LogP contribution in [0.4, 0.5) is 5.13 Å². The van der Waals surface area contributed by atoms with Crippen molar-refractivity contribution >= 4 is 22.2 Å². The molecule has 0 atom stereocenters. The Labute approximate surface area is 174 Å². The van der Waals surface area contributed by atoms with Crippen LogP contribution < -0.4 is 5.73 Å². The van der Waals surface area contributed by atoms with Gasteiger partial charge in [-0.3, -0.25) is 0 Å². The van der Waals surface area contributed by atoms with Crippen molar-refractivity contribution in [3.63, 3.8) is 0 Å². The molecular weight excluding hydrogens is 378 g/mol. The van der Waals surface area contributed by atoms with Crippen molar-refractivity contribution in [1.29, 1.82) is 0 Å². The Morgan fingerprint density at radius 1 is 0.828 bits per heavy atom. The van der Waals surface area contributed by atoms with Crippen LogP contribution in [0.15, 0.2) is 102 Å². The molecule has 4 aromatic rings. The first-order valence-corrected chi connectivity index (χ1v) is 10.2. The molecule has 0 aliphatic heterocycles. The molecule has 1 aromatic heterocycles. The zero-order chi connectivity index (χ0) is 20.1. The Morgan fingerprint density at radius 2 is 1.28 bits per heavy atom. The largest absolute Gasteiger partial charge is 0.375 e. The van der Waals surface area contributed by atoms with Gasteiger partial charge < -0.3 is 10.6 Å². The topological polar surface area (TPSA) is 60.5 Å². The summed E-state index contributed by atoms with van der Waals surface area (Å²) in [5.41, 5.74) is 9.25. The SMILES string of the molecule is CC(=NOC(c1ccccc1)(c1ccccc1)c1ccccc1)c1csc(N)n1. The number of oxime groups is 1. The van der Waals surface area contributed by atoms with E-state index < -0.39 is 5.60 Å². The summed E-state index contributed by atoms with van der Waals surface area (Å²) in [6.07, 6.45) is 0. The minimum absolute atomic E-state index is 0.509. The zero-order valence-corrected chi connectivity index (χ0v) is 16.8. The van der Waals surface area contributed by atoms with Gasteiger partial charge in [-0.2, -0.15) is 0 Å². The number of thiazole rings is 1. The van der Waals surface area contributed by atoms with Crippen LogP contribution in [0.5, 0.6) is 0 Å². The average Bonchev–Trinajstić information content (AvgIpc) is 3.23. The molecule has 0 saturated heterocycles. The van der Waals surface area contributed by atoms with E-state index in [1.807, 2.05) is 66.9 Å². The van der Waals surface area contributed by atoms with Crippen molar-refractivity contribution in [1.82, 2.24) is 4.98 Å². The lowest BCUT2D eigenvalue weighted by atomic mass is 9.80. The highest BCUT2D eigenvalue weighted by molar-refractivity contribution is 7.13. The predicted octanol–water partition coefficient (Wildman–Crippen LogP) is 5.46. The van der Waals surface area contributed by atoms with E-state index in [0.29, 0.717) is 10.8 Å². The molecule has 0 spiro atoms. The molecule has 4 nitrogen and oxygen atoms in total. The van der Waals surface area contributed by atoms with Crippen LogP contribution in [0.2, 0.25) is 0 Å². The van der Waals surface area contributed by atoms with Gasteiger partial charge in [-0.05, 0) is 6.92 Å². The van der Waals surface area contributed by atoms with Gasteiger partial charge in [0.15, 0.2) is 5.13 Å². The first-order chi connectivity index (χ1) is 14.2. The van der Waals surface area contributed by atoms with Crippen LogP contribution >= 0.6 is 11.3 Å². The zero-order valence-electron chi connectivity index (χ0n) is 16.0. The number of nitrogens with zero attached hydrogens (tertiary/aromatic N) is 2. The van der Waals surface area contributed by atoms with E-state index in [4.69, 9.17) is 10.6 Å². The van der Waals surface area contributed by atoms with Gasteiger partial charge in [0.05, 0.1) is 0 Å². The third-order valence-electron chi connectivity index (χ3n) is 4.75. The molecule has 1 heterocycles. The summed E-state index contributed by atoms with van der Waals surface area (Å²) in [6.45, 7) is 1.88. The molecule has 0 fully saturated rings. The molecule has 0 amide bonds. The summed E-state index contributed by atoms with van der Waals surface area (Å²) in [5, 5.41) is 6.91. The van der Waals surface area contributed by atoms with Crippen LogP contribution in [-0.2, 0) is 10.4 Å². The summed E-state index contributed by atoms with van der Waals surface area (Å²) in [4.78, 5) is 10.7. The van der Waals surface area contributed by atoms with Gasteiger partial charge in [0, 0.05) is 22.1 Å². The molecule has 3 aromatic carbocycles. The van der Waals surface area contributed by atoms with Gasteiger partial charge in [-0.1, -0.05) is 96.2 Å². The van der Waals surface area contributed by atoms with Crippen molar-refractivity contribution < 1.29 is 4.84 Å². The molecule has 29 heavy (non-hydrogen) atoms. The number of benzene rings is 3. The van der Waals surface area contributed by atoms with Crippen molar-refractivity contribution in [2.75, 3.05) is 5.73 Å². The molecule has 0 aliphatic carbocycles.